The fourth-order valence-corrected chi connectivity index (χ4v) is 3.01. The summed E-state index contributed by atoms with van der Waals surface area (Å²) >= 11 is 0. The molecule has 2 N–H and O–H groups in total. The molecular weight excluding hydrogens is 216 g/mol. The number of hydrogen-bond acceptors (Lipinski definition) is 5. The van der Waals surface area contributed by atoms with Gasteiger partial charge < -0.3 is 10.5 Å². The number of nitrogens with two attached hydrogens (primary N) is 1. The maximum atomic E-state index is 11.5. The Kier molecular flexibility index (Phi) is 4.98. The predicted octanol–water partition coefficient (Wildman–Crippen LogP) is -0.919. The topological polar surface area (TPSA) is 72.6 Å². The number of ether oxygens (including phenoxy) is 1. The third kappa shape index (κ3) is 4.46. The van der Waals surface area contributed by atoms with Crippen molar-refractivity contribution in [2.45, 2.75) is 13.0 Å². The maximum absolute atomic E-state index is 11.5. The Hall–Kier alpha value is -0.170. The van der Waals surface area contributed by atoms with Gasteiger partial charge in [0.05, 0.1) is 24.2 Å². The second-order valence-electron chi connectivity index (χ2n) is 3.79. The average molecular weight is 236 g/mol. The van der Waals surface area contributed by atoms with Gasteiger partial charge in [0.1, 0.15) is 0 Å². The molecule has 0 spiro atoms. The molecule has 6 heteroatoms. The van der Waals surface area contributed by atoms with E-state index in [9.17, 15) is 8.42 Å². The molecule has 1 aliphatic heterocycles. The quantitative estimate of drug-likeness (QED) is 0.668. The van der Waals surface area contributed by atoms with Crippen molar-refractivity contribution >= 4 is 9.84 Å². The molecule has 1 rings (SSSR count). The van der Waals surface area contributed by atoms with Crippen molar-refractivity contribution in [3.63, 3.8) is 0 Å². The Labute approximate surface area is 91.5 Å². The SMILES string of the molecule is CCN1CCOC(CS(=O)(=O)CCN)C1. The molecule has 1 saturated heterocycles. The molecule has 1 fully saturated rings. The average Bonchev–Trinajstić information content (AvgIpc) is 2.17. The highest BCUT2D eigenvalue weighted by Gasteiger charge is 2.24. The summed E-state index contributed by atoms with van der Waals surface area (Å²) in [6, 6.07) is 0. The first-order valence-corrected chi connectivity index (χ1v) is 7.14. The molecule has 1 aliphatic rings. The van der Waals surface area contributed by atoms with Crippen LogP contribution in [0.1, 0.15) is 6.92 Å². The van der Waals surface area contributed by atoms with Crippen LogP contribution in [-0.2, 0) is 14.6 Å². The van der Waals surface area contributed by atoms with E-state index in [4.69, 9.17) is 10.5 Å². The van der Waals surface area contributed by atoms with Crippen molar-refractivity contribution in [3.8, 4) is 0 Å². The summed E-state index contributed by atoms with van der Waals surface area (Å²) in [7, 11) is -3.04. The van der Waals surface area contributed by atoms with Crippen LogP contribution in [0.5, 0.6) is 0 Å². The van der Waals surface area contributed by atoms with Crippen molar-refractivity contribution < 1.29 is 13.2 Å². The predicted molar refractivity (Wildman–Crippen MR) is 59.6 cm³/mol. The molecule has 0 aromatic heterocycles. The van der Waals surface area contributed by atoms with Crippen molar-refractivity contribution in [3.05, 3.63) is 0 Å². The van der Waals surface area contributed by atoms with Gasteiger partial charge in [-0.25, -0.2) is 8.42 Å². The van der Waals surface area contributed by atoms with Crippen LogP contribution in [0, 0.1) is 0 Å². The lowest BCUT2D eigenvalue weighted by Gasteiger charge is -2.31. The summed E-state index contributed by atoms with van der Waals surface area (Å²) in [5.74, 6) is 0.152. The summed E-state index contributed by atoms with van der Waals surface area (Å²) in [6.07, 6.45) is -0.185. The fourth-order valence-electron chi connectivity index (χ4n) is 1.71. The molecule has 0 aliphatic carbocycles. The lowest BCUT2D eigenvalue weighted by molar-refractivity contribution is -0.0144. The van der Waals surface area contributed by atoms with E-state index in [0.717, 1.165) is 13.1 Å². The lowest BCUT2D eigenvalue weighted by Crippen LogP contribution is -2.45. The summed E-state index contributed by atoms with van der Waals surface area (Å²) < 4.78 is 28.5. The molecule has 1 heterocycles. The van der Waals surface area contributed by atoms with Crippen LogP contribution in [0.4, 0.5) is 0 Å². The summed E-state index contributed by atoms with van der Waals surface area (Å²) in [6.45, 7) is 5.42. The molecule has 0 aromatic rings. The second-order valence-corrected chi connectivity index (χ2v) is 6.02. The zero-order valence-electron chi connectivity index (χ0n) is 9.18. The van der Waals surface area contributed by atoms with Crippen molar-refractivity contribution in [2.75, 3.05) is 44.3 Å². The third-order valence-electron chi connectivity index (χ3n) is 2.54. The first kappa shape index (κ1) is 12.9. The number of morpholine rings is 1. The Morgan fingerprint density at radius 1 is 1.53 bits per heavy atom. The molecule has 90 valence electrons. The molecule has 0 amide bonds. The van der Waals surface area contributed by atoms with Gasteiger partial charge in [0.15, 0.2) is 9.84 Å². The van der Waals surface area contributed by atoms with Crippen LogP contribution in [0.2, 0.25) is 0 Å². The normalized spacial score (nSPS) is 24.3. The molecule has 0 saturated carbocycles. The van der Waals surface area contributed by atoms with Gasteiger partial charge in [-0.15, -0.1) is 0 Å². The Bertz CT molecular complexity index is 279. The Morgan fingerprint density at radius 2 is 2.27 bits per heavy atom. The van der Waals surface area contributed by atoms with Gasteiger partial charge in [0, 0.05) is 19.6 Å². The molecule has 15 heavy (non-hydrogen) atoms. The minimum absolute atomic E-state index is 0.0545. The first-order valence-electron chi connectivity index (χ1n) is 5.32. The molecule has 1 atom stereocenters. The van der Waals surface area contributed by atoms with Crippen molar-refractivity contribution in [1.82, 2.24) is 4.90 Å². The van der Waals surface area contributed by atoms with Gasteiger partial charge in [0.25, 0.3) is 0 Å². The molecular formula is C9H20N2O3S. The summed E-state index contributed by atoms with van der Waals surface area (Å²) in [4.78, 5) is 2.20. The van der Waals surface area contributed by atoms with Crippen LogP contribution in [0.3, 0.4) is 0 Å². The van der Waals surface area contributed by atoms with Crippen LogP contribution in [0.25, 0.3) is 0 Å². The first-order chi connectivity index (χ1) is 7.07. The van der Waals surface area contributed by atoms with Gasteiger partial charge in [-0.2, -0.15) is 0 Å². The molecule has 0 bridgehead atoms. The van der Waals surface area contributed by atoms with Gasteiger partial charge in [-0.05, 0) is 6.54 Å². The van der Waals surface area contributed by atoms with E-state index in [2.05, 4.69) is 11.8 Å². The summed E-state index contributed by atoms with van der Waals surface area (Å²) in [5, 5.41) is 0. The van der Waals surface area contributed by atoms with E-state index in [1.807, 2.05) is 0 Å². The number of likely N-dealkylation sites (N-methyl/N-ethyl adjacent to an activating group) is 1. The van der Waals surface area contributed by atoms with E-state index in [-0.39, 0.29) is 24.2 Å². The Morgan fingerprint density at radius 3 is 2.87 bits per heavy atom. The van der Waals surface area contributed by atoms with E-state index in [0.29, 0.717) is 13.2 Å². The smallest absolute Gasteiger partial charge is 0.154 e. The molecule has 1 unspecified atom stereocenters. The minimum atomic E-state index is -3.04. The van der Waals surface area contributed by atoms with Crippen LogP contribution < -0.4 is 5.73 Å². The van der Waals surface area contributed by atoms with Crippen molar-refractivity contribution in [1.29, 1.82) is 0 Å². The highest BCUT2D eigenvalue weighted by Crippen LogP contribution is 2.07. The number of hydrogen-bond donors (Lipinski definition) is 1. The van der Waals surface area contributed by atoms with Crippen molar-refractivity contribution in [2.24, 2.45) is 5.73 Å². The minimum Gasteiger partial charge on any atom is -0.374 e. The molecule has 0 radical (unpaired) electrons. The second kappa shape index (κ2) is 5.79. The van der Waals surface area contributed by atoms with Gasteiger partial charge >= 0.3 is 0 Å². The third-order valence-corrected chi connectivity index (χ3v) is 4.28. The Balaban J connectivity index is 2.44. The maximum Gasteiger partial charge on any atom is 0.154 e. The van der Waals surface area contributed by atoms with Crippen LogP contribution in [-0.4, -0.2) is 63.7 Å². The van der Waals surface area contributed by atoms with Gasteiger partial charge in [0.2, 0.25) is 0 Å². The monoisotopic (exact) mass is 236 g/mol. The highest BCUT2D eigenvalue weighted by molar-refractivity contribution is 7.91. The van der Waals surface area contributed by atoms with E-state index >= 15 is 0 Å². The van der Waals surface area contributed by atoms with Gasteiger partial charge in [-0.1, -0.05) is 6.92 Å². The largest absolute Gasteiger partial charge is 0.374 e. The fraction of sp³-hybridized carbons (Fsp3) is 1.00. The van der Waals surface area contributed by atoms with E-state index in [1.54, 1.807) is 0 Å². The van der Waals surface area contributed by atoms with E-state index in [1.165, 1.54) is 0 Å². The number of nitrogens with zero attached hydrogens (tertiary/aromatic N) is 1. The number of rotatable bonds is 5. The zero-order chi connectivity index (χ0) is 11.3. The summed E-state index contributed by atoms with van der Waals surface area (Å²) in [5.41, 5.74) is 5.24. The molecule has 5 nitrogen and oxygen atoms in total. The molecule has 0 aromatic carbocycles. The zero-order valence-corrected chi connectivity index (χ0v) is 10.0. The lowest BCUT2D eigenvalue weighted by atomic mass is 10.3. The van der Waals surface area contributed by atoms with Crippen LogP contribution >= 0.6 is 0 Å². The highest BCUT2D eigenvalue weighted by atomic mass is 32.2. The number of sulfone groups is 1. The van der Waals surface area contributed by atoms with Crippen LogP contribution in [0.15, 0.2) is 0 Å². The van der Waals surface area contributed by atoms with Gasteiger partial charge in [-0.3, -0.25) is 4.90 Å². The standard InChI is InChI=1S/C9H20N2O3S/c1-2-11-4-5-14-9(7-11)8-15(12,13)6-3-10/h9H,2-8,10H2,1H3. The van der Waals surface area contributed by atoms with E-state index < -0.39 is 9.84 Å².